The highest BCUT2D eigenvalue weighted by Gasteiger charge is 2.22. The van der Waals surface area contributed by atoms with E-state index in [1.54, 1.807) is 0 Å². The summed E-state index contributed by atoms with van der Waals surface area (Å²) in [6.45, 7) is -3.63. The second-order valence-electron chi connectivity index (χ2n) is 4.76. The summed E-state index contributed by atoms with van der Waals surface area (Å²) in [5.74, 6) is -4.88. The van der Waals surface area contributed by atoms with Gasteiger partial charge in [0.1, 0.15) is 11.4 Å². The van der Waals surface area contributed by atoms with Gasteiger partial charge in [-0.15, -0.1) is 0 Å². The Hall–Kier alpha value is -2.71. The van der Waals surface area contributed by atoms with E-state index in [0.717, 1.165) is 11.0 Å². The molecular weight excluding hydrogens is 335 g/mol. The van der Waals surface area contributed by atoms with E-state index in [2.05, 4.69) is 9.72 Å². The Kier molecular flexibility index (Phi) is 5.32. The second kappa shape index (κ2) is 7.24. The molecule has 2 rings (SSSR count). The zero-order valence-corrected chi connectivity index (χ0v) is 12.3. The minimum Gasteiger partial charge on any atom is -0.416 e. The molecule has 0 aliphatic rings. The smallest absolute Gasteiger partial charge is 0.388 e. The highest BCUT2D eigenvalue weighted by molar-refractivity contribution is 5.96. The SMILES string of the molecule is CN(Cc1cccc(F)c1F)C(=O)c1cc(F)cnc1OC(F)F. The molecule has 0 saturated heterocycles. The van der Waals surface area contributed by atoms with Gasteiger partial charge in [-0.1, -0.05) is 12.1 Å². The molecule has 0 atom stereocenters. The monoisotopic (exact) mass is 346 g/mol. The first kappa shape index (κ1) is 17.6. The fourth-order valence-electron chi connectivity index (χ4n) is 1.96. The van der Waals surface area contributed by atoms with Gasteiger partial charge in [-0.05, 0) is 12.1 Å². The number of carbonyl (C=O) groups excluding carboxylic acids is 1. The zero-order valence-electron chi connectivity index (χ0n) is 12.3. The minimum atomic E-state index is -3.26. The third-order valence-electron chi connectivity index (χ3n) is 3.03. The van der Waals surface area contributed by atoms with E-state index in [1.807, 2.05) is 0 Å². The van der Waals surface area contributed by atoms with Crippen LogP contribution in [0.5, 0.6) is 5.88 Å². The Labute approximate surface area is 133 Å². The molecule has 0 radical (unpaired) electrons. The summed E-state index contributed by atoms with van der Waals surface area (Å²) < 4.78 is 68.8. The summed E-state index contributed by atoms with van der Waals surface area (Å²) in [6, 6.07) is 4.08. The fraction of sp³-hybridized carbons (Fsp3) is 0.200. The Bertz CT molecular complexity index is 755. The van der Waals surface area contributed by atoms with Crippen LogP contribution in [0.25, 0.3) is 0 Å². The molecule has 1 amide bonds. The van der Waals surface area contributed by atoms with Gasteiger partial charge in [0.05, 0.1) is 6.20 Å². The molecule has 0 fully saturated rings. The number of ether oxygens (including phenoxy) is 1. The maximum atomic E-state index is 13.6. The minimum absolute atomic E-state index is 0.133. The number of aromatic nitrogens is 1. The van der Waals surface area contributed by atoms with Crippen LogP contribution in [0.3, 0.4) is 0 Å². The van der Waals surface area contributed by atoms with Crippen LogP contribution in [0.2, 0.25) is 0 Å². The summed E-state index contributed by atoms with van der Waals surface area (Å²) in [5.41, 5.74) is -0.693. The number of nitrogens with zero attached hydrogens (tertiary/aromatic N) is 2. The molecule has 0 aliphatic carbocycles. The summed E-state index contributed by atoms with van der Waals surface area (Å²) >= 11 is 0. The zero-order chi connectivity index (χ0) is 17.9. The first-order valence-corrected chi connectivity index (χ1v) is 6.58. The molecule has 0 saturated carbocycles. The standard InChI is InChI=1S/C15H11F5N2O2/c1-22(7-8-3-2-4-11(17)12(8)18)14(23)10-5-9(16)6-21-13(10)24-15(19)20/h2-6,15H,7H2,1H3. The first-order valence-electron chi connectivity index (χ1n) is 6.58. The molecule has 0 bridgehead atoms. The van der Waals surface area contributed by atoms with Crippen molar-refractivity contribution in [1.82, 2.24) is 9.88 Å². The van der Waals surface area contributed by atoms with Crippen molar-refractivity contribution in [3.63, 3.8) is 0 Å². The molecule has 0 spiro atoms. The number of rotatable bonds is 5. The molecule has 0 N–H and O–H groups in total. The van der Waals surface area contributed by atoms with Crippen LogP contribution in [0.15, 0.2) is 30.5 Å². The number of amides is 1. The molecule has 0 aliphatic heterocycles. The van der Waals surface area contributed by atoms with E-state index < -0.39 is 41.4 Å². The molecule has 9 heteroatoms. The van der Waals surface area contributed by atoms with E-state index in [9.17, 15) is 26.7 Å². The van der Waals surface area contributed by atoms with Crippen LogP contribution in [-0.2, 0) is 6.54 Å². The molecule has 2 aromatic rings. The topological polar surface area (TPSA) is 42.4 Å². The largest absolute Gasteiger partial charge is 0.416 e. The van der Waals surface area contributed by atoms with Gasteiger partial charge >= 0.3 is 6.61 Å². The maximum absolute atomic E-state index is 13.6. The lowest BCUT2D eigenvalue weighted by Crippen LogP contribution is -2.28. The first-order chi connectivity index (χ1) is 11.3. The van der Waals surface area contributed by atoms with Gasteiger partial charge in [0.2, 0.25) is 5.88 Å². The van der Waals surface area contributed by atoms with Crippen molar-refractivity contribution in [3.05, 3.63) is 59.0 Å². The van der Waals surface area contributed by atoms with Gasteiger partial charge in [0, 0.05) is 19.2 Å². The summed E-state index contributed by atoms with van der Waals surface area (Å²) in [7, 11) is 1.21. The predicted molar refractivity (Wildman–Crippen MR) is 73.0 cm³/mol. The number of hydrogen-bond acceptors (Lipinski definition) is 3. The molecule has 24 heavy (non-hydrogen) atoms. The van der Waals surface area contributed by atoms with Crippen molar-refractivity contribution >= 4 is 5.91 Å². The number of carbonyl (C=O) groups is 1. The lowest BCUT2D eigenvalue weighted by molar-refractivity contribution is -0.0533. The fourth-order valence-corrected chi connectivity index (χ4v) is 1.96. The van der Waals surface area contributed by atoms with Crippen molar-refractivity contribution in [1.29, 1.82) is 0 Å². The molecule has 4 nitrogen and oxygen atoms in total. The van der Waals surface area contributed by atoms with Crippen LogP contribution in [0.4, 0.5) is 22.0 Å². The highest BCUT2D eigenvalue weighted by atomic mass is 19.3. The van der Waals surface area contributed by atoms with Crippen molar-refractivity contribution < 1.29 is 31.5 Å². The van der Waals surface area contributed by atoms with E-state index >= 15 is 0 Å². The van der Waals surface area contributed by atoms with Crippen molar-refractivity contribution in [2.24, 2.45) is 0 Å². The molecule has 128 valence electrons. The van der Waals surface area contributed by atoms with E-state index in [0.29, 0.717) is 12.3 Å². The molecule has 1 aromatic heterocycles. The number of hydrogen-bond donors (Lipinski definition) is 0. The van der Waals surface area contributed by atoms with Crippen LogP contribution in [0.1, 0.15) is 15.9 Å². The van der Waals surface area contributed by atoms with Gasteiger partial charge in [-0.2, -0.15) is 8.78 Å². The highest BCUT2D eigenvalue weighted by Crippen LogP contribution is 2.21. The van der Waals surface area contributed by atoms with Crippen LogP contribution < -0.4 is 4.74 Å². The van der Waals surface area contributed by atoms with Gasteiger partial charge < -0.3 is 9.64 Å². The Balaban J connectivity index is 2.27. The normalized spacial score (nSPS) is 10.8. The second-order valence-corrected chi connectivity index (χ2v) is 4.76. The van der Waals surface area contributed by atoms with Crippen molar-refractivity contribution in [2.45, 2.75) is 13.2 Å². The summed E-state index contributed by atoms with van der Waals surface area (Å²) in [6.07, 6.45) is 0.612. The van der Waals surface area contributed by atoms with Gasteiger partial charge in [-0.3, -0.25) is 4.79 Å². The van der Waals surface area contributed by atoms with Gasteiger partial charge in [0.15, 0.2) is 11.6 Å². The van der Waals surface area contributed by atoms with E-state index in [1.165, 1.54) is 19.2 Å². The quantitative estimate of drug-likeness (QED) is 0.780. The van der Waals surface area contributed by atoms with Crippen LogP contribution in [0, 0.1) is 17.5 Å². The molecule has 1 heterocycles. The van der Waals surface area contributed by atoms with Gasteiger partial charge in [0.25, 0.3) is 5.91 Å². The van der Waals surface area contributed by atoms with Crippen LogP contribution >= 0.6 is 0 Å². The van der Waals surface area contributed by atoms with Gasteiger partial charge in [-0.25, -0.2) is 18.2 Å². The third kappa shape index (κ3) is 3.98. The van der Waals surface area contributed by atoms with Crippen molar-refractivity contribution in [3.8, 4) is 5.88 Å². The molecular formula is C15H11F5N2O2. The number of pyridine rings is 1. The van der Waals surface area contributed by atoms with Crippen LogP contribution in [-0.4, -0.2) is 29.5 Å². The molecule has 0 unspecified atom stereocenters. The average molecular weight is 346 g/mol. The number of benzene rings is 1. The molecule has 1 aromatic carbocycles. The summed E-state index contributed by atoms with van der Waals surface area (Å²) in [4.78, 5) is 16.5. The number of alkyl halides is 2. The maximum Gasteiger partial charge on any atom is 0.388 e. The Morgan fingerprint density at radius 3 is 2.67 bits per heavy atom. The Morgan fingerprint density at radius 1 is 1.29 bits per heavy atom. The predicted octanol–water partition coefficient (Wildman–Crippen LogP) is 3.37. The summed E-state index contributed by atoms with van der Waals surface area (Å²) in [5, 5.41) is 0. The number of halogens is 5. The Morgan fingerprint density at radius 2 is 2.00 bits per heavy atom. The van der Waals surface area contributed by atoms with E-state index in [-0.39, 0.29) is 12.1 Å². The van der Waals surface area contributed by atoms with Crippen molar-refractivity contribution in [2.75, 3.05) is 7.05 Å². The lowest BCUT2D eigenvalue weighted by atomic mass is 10.1. The lowest BCUT2D eigenvalue weighted by Gasteiger charge is -2.19. The average Bonchev–Trinajstić information content (AvgIpc) is 2.52. The van der Waals surface area contributed by atoms with E-state index in [4.69, 9.17) is 0 Å². The third-order valence-corrected chi connectivity index (χ3v) is 3.03.